The van der Waals surface area contributed by atoms with Crippen LogP contribution in [0.25, 0.3) is 0 Å². The molecule has 0 aliphatic carbocycles. The lowest BCUT2D eigenvalue weighted by molar-refractivity contribution is 0.404. The Bertz CT molecular complexity index is 657. The van der Waals surface area contributed by atoms with E-state index in [9.17, 15) is 4.39 Å². The Morgan fingerprint density at radius 3 is 2.48 bits per heavy atom. The zero-order chi connectivity index (χ0) is 15.6. The Labute approximate surface area is 138 Å². The van der Waals surface area contributed by atoms with E-state index in [0.717, 1.165) is 31.6 Å². The minimum Gasteiger partial charge on any atom is -0.496 e. The van der Waals surface area contributed by atoms with Gasteiger partial charge in [0.15, 0.2) is 0 Å². The zero-order valence-corrected chi connectivity index (χ0v) is 14.8. The van der Waals surface area contributed by atoms with Gasteiger partial charge >= 0.3 is 0 Å². The second-order valence-electron chi connectivity index (χ2n) is 5.09. The minimum atomic E-state index is -0.217. The summed E-state index contributed by atoms with van der Waals surface area (Å²) in [5.41, 5.74) is 4.46. The van der Waals surface area contributed by atoms with Crippen molar-refractivity contribution < 1.29 is 9.13 Å². The van der Waals surface area contributed by atoms with Crippen LogP contribution in [0.4, 0.5) is 4.39 Å². The summed E-state index contributed by atoms with van der Waals surface area (Å²) in [7, 11) is 3.59. The van der Waals surface area contributed by atoms with Crippen molar-refractivity contribution in [3.8, 4) is 5.75 Å². The molecule has 1 N–H and O–H groups in total. The number of aryl methyl sites for hydroxylation is 2. The van der Waals surface area contributed by atoms with Gasteiger partial charge < -0.3 is 10.1 Å². The monoisotopic (exact) mass is 399 g/mol. The SMILES string of the molecule is CNC(c1ccc(F)cc1I)c1c(C)cc(C)cc1OC. The van der Waals surface area contributed by atoms with E-state index in [-0.39, 0.29) is 11.9 Å². The van der Waals surface area contributed by atoms with Crippen LogP contribution in [0.15, 0.2) is 30.3 Å². The molecule has 112 valence electrons. The Morgan fingerprint density at radius 2 is 1.90 bits per heavy atom. The van der Waals surface area contributed by atoms with E-state index < -0.39 is 0 Å². The maximum atomic E-state index is 13.3. The van der Waals surface area contributed by atoms with Crippen LogP contribution in [0.1, 0.15) is 28.3 Å². The topological polar surface area (TPSA) is 21.3 Å². The lowest BCUT2D eigenvalue weighted by Gasteiger charge is -2.23. The molecule has 0 spiro atoms. The largest absolute Gasteiger partial charge is 0.496 e. The predicted octanol–water partition coefficient (Wildman–Crippen LogP) is 4.36. The van der Waals surface area contributed by atoms with Gasteiger partial charge in [0.25, 0.3) is 0 Å². The highest BCUT2D eigenvalue weighted by molar-refractivity contribution is 14.1. The highest BCUT2D eigenvalue weighted by Gasteiger charge is 2.21. The van der Waals surface area contributed by atoms with Crippen LogP contribution in [0.5, 0.6) is 5.75 Å². The van der Waals surface area contributed by atoms with Gasteiger partial charge in [0, 0.05) is 9.13 Å². The number of methoxy groups -OCH3 is 1. The second kappa shape index (κ2) is 6.75. The molecule has 0 bridgehead atoms. The zero-order valence-electron chi connectivity index (χ0n) is 12.6. The summed E-state index contributed by atoms with van der Waals surface area (Å²) in [4.78, 5) is 0. The normalized spacial score (nSPS) is 12.3. The summed E-state index contributed by atoms with van der Waals surface area (Å²) >= 11 is 2.17. The number of hydrogen-bond donors (Lipinski definition) is 1. The van der Waals surface area contributed by atoms with E-state index in [0.29, 0.717) is 0 Å². The first-order chi connectivity index (χ1) is 9.97. The molecule has 4 heteroatoms. The fraction of sp³-hybridized carbons (Fsp3) is 0.294. The van der Waals surface area contributed by atoms with Gasteiger partial charge in [0.05, 0.1) is 13.2 Å². The van der Waals surface area contributed by atoms with Gasteiger partial charge in [0.1, 0.15) is 11.6 Å². The van der Waals surface area contributed by atoms with Crippen molar-refractivity contribution >= 4 is 22.6 Å². The van der Waals surface area contributed by atoms with Gasteiger partial charge in [-0.2, -0.15) is 0 Å². The van der Waals surface area contributed by atoms with Gasteiger partial charge in [-0.3, -0.25) is 0 Å². The first-order valence-corrected chi connectivity index (χ1v) is 7.83. The third kappa shape index (κ3) is 3.37. The molecule has 1 unspecified atom stereocenters. The van der Waals surface area contributed by atoms with Gasteiger partial charge in [-0.15, -0.1) is 0 Å². The van der Waals surface area contributed by atoms with Crippen molar-refractivity contribution in [2.75, 3.05) is 14.2 Å². The highest BCUT2D eigenvalue weighted by Crippen LogP contribution is 2.35. The molecule has 0 aliphatic rings. The first-order valence-electron chi connectivity index (χ1n) is 6.75. The number of rotatable bonds is 4. The van der Waals surface area contributed by atoms with E-state index in [4.69, 9.17) is 4.74 Å². The number of hydrogen-bond acceptors (Lipinski definition) is 2. The fourth-order valence-corrected chi connectivity index (χ4v) is 3.46. The Kier molecular flexibility index (Phi) is 5.22. The molecule has 0 amide bonds. The lowest BCUT2D eigenvalue weighted by atomic mass is 9.93. The number of ether oxygens (including phenoxy) is 1. The van der Waals surface area contributed by atoms with Crippen molar-refractivity contribution in [1.82, 2.24) is 5.32 Å². The molecule has 2 aromatic rings. The molecule has 2 nitrogen and oxygen atoms in total. The smallest absolute Gasteiger partial charge is 0.124 e. The maximum absolute atomic E-state index is 13.3. The number of benzene rings is 2. The molecule has 0 saturated heterocycles. The molecular formula is C17H19FINO. The summed E-state index contributed by atoms with van der Waals surface area (Å²) < 4.78 is 19.8. The first kappa shape index (κ1) is 16.2. The Morgan fingerprint density at radius 1 is 1.19 bits per heavy atom. The summed E-state index contributed by atoms with van der Waals surface area (Å²) in [6.45, 7) is 4.13. The van der Waals surface area contributed by atoms with Crippen molar-refractivity contribution in [1.29, 1.82) is 0 Å². The number of halogens is 2. The van der Waals surface area contributed by atoms with Crippen LogP contribution in [0, 0.1) is 23.2 Å². The van der Waals surface area contributed by atoms with Crippen LogP contribution in [0.2, 0.25) is 0 Å². The second-order valence-corrected chi connectivity index (χ2v) is 6.25. The molecule has 21 heavy (non-hydrogen) atoms. The molecule has 0 saturated carbocycles. The van der Waals surface area contributed by atoms with Gasteiger partial charge in [-0.25, -0.2) is 4.39 Å². The molecule has 2 rings (SSSR count). The van der Waals surface area contributed by atoms with Crippen molar-refractivity contribution in [3.63, 3.8) is 0 Å². The minimum absolute atomic E-state index is 0.0342. The van der Waals surface area contributed by atoms with Crippen LogP contribution >= 0.6 is 22.6 Å². The standard InChI is InChI=1S/C17H19FINO/c1-10-7-11(2)16(15(8-10)21-4)17(20-3)13-6-5-12(18)9-14(13)19/h5-9,17,20H,1-4H3. The fourth-order valence-electron chi connectivity index (χ4n) is 2.67. The van der Waals surface area contributed by atoms with Crippen LogP contribution in [-0.4, -0.2) is 14.2 Å². The third-order valence-corrected chi connectivity index (χ3v) is 4.50. The summed E-state index contributed by atoms with van der Waals surface area (Å²) in [5, 5.41) is 3.32. The predicted molar refractivity (Wildman–Crippen MR) is 92.5 cm³/mol. The average molecular weight is 399 g/mol. The molecule has 1 atom stereocenters. The van der Waals surface area contributed by atoms with Gasteiger partial charge in [-0.1, -0.05) is 12.1 Å². The quantitative estimate of drug-likeness (QED) is 0.772. The summed E-state index contributed by atoms with van der Waals surface area (Å²) in [5.74, 6) is 0.637. The van der Waals surface area contributed by atoms with Crippen LogP contribution in [0.3, 0.4) is 0 Å². The molecular weight excluding hydrogens is 380 g/mol. The highest BCUT2D eigenvalue weighted by atomic mass is 127. The molecule has 0 heterocycles. The van der Waals surface area contributed by atoms with Crippen LogP contribution < -0.4 is 10.1 Å². The Balaban J connectivity index is 2.61. The third-order valence-electron chi connectivity index (χ3n) is 3.56. The summed E-state index contributed by atoms with van der Waals surface area (Å²) in [6, 6.07) is 9.01. The molecule has 0 radical (unpaired) electrons. The van der Waals surface area contributed by atoms with Gasteiger partial charge in [0.2, 0.25) is 0 Å². The maximum Gasteiger partial charge on any atom is 0.124 e. The lowest BCUT2D eigenvalue weighted by Crippen LogP contribution is -2.20. The van der Waals surface area contributed by atoms with E-state index in [1.807, 2.05) is 19.2 Å². The molecule has 0 fully saturated rings. The molecule has 0 aliphatic heterocycles. The average Bonchev–Trinajstić information content (AvgIpc) is 2.42. The molecule has 0 aromatic heterocycles. The van der Waals surface area contributed by atoms with Crippen molar-refractivity contribution in [2.45, 2.75) is 19.9 Å². The van der Waals surface area contributed by atoms with E-state index in [1.165, 1.54) is 6.07 Å². The van der Waals surface area contributed by atoms with E-state index in [1.54, 1.807) is 13.2 Å². The molecule has 2 aromatic carbocycles. The van der Waals surface area contributed by atoms with Crippen molar-refractivity contribution in [3.05, 3.63) is 62.0 Å². The summed E-state index contributed by atoms with van der Waals surface area (Å²) in [6.07, 6.45) is 0. The van der Waals surface area contributed by atoms with E-state index in [2.05, 4.69) is 47.8 Å². The number of nitrogens with one attached hydrogen (secondary N) is 1. The van der Waals surface area contributed by atoms with Gasteiger partial charge in [-0.05, 0) is 78.4 Å². The Hall–Kier alpha value is -1.14. The van der Waals surface area contributed by atoms with Crippen LogP contribution in [-0.2, 0) is 0 Å². The van der Waals surface area contributed by atoms with Crippen molar-refractivity contribution in [2.24, 2.45) is 0 Å². The van der Waals surface area contributed by atoms with E-state index >= 15 is 0 Å².